The summed E-state index contributed by atoms with van der Waals surface area (Å²) < 4.78 is 5.41. The number of nitrogens with one attached hydrogen (secondary N) is 3. The molecule has 10 nitrogen and oxygen atoms in total. The van der Waals surface area contributed by atoms with Gasteiger partial charge in [-0.3, -0.25) is 9.59 Å². The van der Waals surface area contributed by atoms with Crippen molar-refractivity contribution in [2.45, 2.75) is 127 Å². The van der Waals surface area contributed by atoms with Crippen molar-refractivity contribution in [2.24, 2.45) is 28.5 Å². The van der Waals surface area contributed by atoms with E-state index in [1.807, 2.05) is 11.8 Å². The van der Waals surface area contributed by atoms with Gasteiger partial charge in [0.15, 0.2) is 0 Å². The lowest BCUT2D eigenvalue weighted by molar-refractivity contribution is -0.143. The van der Waals surface area contributed by atoms with E-state index in [4.69, 9.17) is 10.5 Å². The second-order valence-electron chi connectivity index (χ2n) is 13.1. The van der Waals surface area contributed by atoms with E-state index in [-0.39, 0.29) is 17.4 Å². The van der Waals surface area contributed by atoms with Crippen molar-refractivity contribution in [2.75, 3.05) is 32.0 Å². The Bertz CT molecular complexity index is 884. The Hall–Kier alpha value is -1.69. The minimum atomic E-state index is -0.629. The molecule has 0 aromatic rings. The van der Waals surface area contributed by atoms with Crippen LogP contribution in [-0.4, -0.2) is 71.9 Å². The van der Waals surface area contributed by atoms with Gasteiger partial charge in [-0.1, -0.05) is 39.5 Å². The first kappa shape index (κ1) is 35.8. The quantitative estimate of drug-likeness (QED) is 0.0834. The van der Waals surface area contributed by atoms with Crippen LogP contribution in [0.25, 0.3) is 0 Å². The number of aliphatic imine (C=N–C) groups is 1. The molecule has 11 heteroatoms. The molecule has 3 atom stereocenters. The number of rotatable bonds is 20. The molecule has 43 heavy (non-hydrogen) atoms. The molecule has 2 heterocycles. The van der Waals surface area contributed by atoms with Gasteiger partial charge in [0.1, 0.15) is 0 Å². The molecule has 1 aliphatic carbocycles. The fourth-order valence-corrected chi connectivity index (χ4v) is 8.24. The van der Waals surface area contributed by atoms with Crippen LogP contribution in [0.3, 0.4) is 0 Å². The standard InChI is InChI=1S/C32H58N6O4S/c1-25(2)32(27-13-6-7-14-27)24-38(37-36-32)19-11-3-5-17-30(40)42-20-12-4-10-18-34-29(39)16-9-8-15-28-21-26(23-43-28)22-35-31(33)41/h22,25-28,36-37H,3-21,23-24H2,1-2H3,(H2,33,41)(H,34,39)/b35-22-/t26?,28-,32?/m1/s1. The van der Waals surface area contributed by atoms with Gasteiger partial charge in [-0.05, 0) is 76.0 Å². The topological polar surface area (TPSA) is 138 Å². The van der Waals surface area contributed by atoms with Crippen LogP contribution in [0.1, 0.15) is 117 Å². The maximum atomic E-state index is 12.1. The lowest BCUT2D eigenvalue weighted by atomic mass is 9.75. The number of hydrogen-bond acceptors (Lipinski definition) is 8. The van der Waals surface area contributed by atoms with E-state index in [0.29, 0.717) is 43.1 Å². The first-order valence-electron chi connectivity index (χ1n) is 16.9. The van der Waals surface area contributed by atoms with E-state index in [0.717, 1.165) is 89.0 Å². The number of esters is 1. The molecule has 5 N–H and O–H groups in total. The Kier molecular flexibility index (Phi) is 16.3. The van der Waals surface area contributed by atoms with Crippen molar-refractivity contribution in [3.63, 3.8) is 0 Å². The first-order valence-corrected chi connectivity index (χ1v) is 18.0. The van der Waals surface area contributed by atoms with Crippen molar-refractivity contribution in [1.29, 1.82) is 0 Å². The minimum absolute atomic E-state index is 0.0976. The summed E-state index contributed by atoms with van der Waals surface area (Å²) >= 11 is 1.92. The molecule has 3 fully saturated rings. The number of nitrogens with zero attached hydrogens (tertiary/aromatic N) is 2. The smallest absolute Gasteiger partial charge is 0.337 e. The molecule has 3 aliphatic rings. The van der Waals surface area contributed by atoms with Crippen LogP contribution in [0.2, 0.25) is 0 Å². The lowest BCUT2D eigenvalue weighted by Gasteiger charge is -2.38. The van der Waals surface area contributed by atoms with Gasteiger partial charge in [0.2, 0.25) is 5.91 Å². The Morgan fingerprint density at radius 1 is 1.07 bits per heavy atom. The number of nitrogens with two attached hydrogens (primary N) is 1. The predicted octanol–water partition coefficient (Wildman–Crippen LogP) is 5.12. The second-order valence-corrected chi connectivity index (χ2v) is 14.4. The van der Waals surface area contributed by atoms with Crippen molar-refractivity contribution >= 4 is 35.9 Å². The van der Waals surface area contributed by atoms with E-state index in [9.17, 15) is 14.4 Å². The maximum Gasteiger partial charge on any atom is 0.337 e. The average molecular weight is 623 g/mol. The van der Waals surface area contributed by atoms with Crippen LogP contribution in [0.15, 0.2) is 4.99 Å². The van der Waals surface area contributed by atoms with Crippen LogP contribution in [0.5, 0.6) is 0 Å². The molecule has 3 amide bonds. The number of carbonyl (C=O) groups is 3. The van der Waals surface area contributed by atoms with Crippen molar-refractivity contribution in [1.82, 2.24) is 21.3 Å². The third-order valence-electron chi connectivity index (χ3n) is 9.43. The molecule has 0 spiro atoms. The summed E-state index contributed by atoms with van der Waals surface area (Å²) in [6.07, 6.45) is 17.8. The van der Waals surface area contributed by atoms with Gasteiger partial charge < -0.3 is 15.8 Å². The summed E-state index contributed by atoms with van der Waals surface area (Å²) in [4.78, 5) is 38.6. The van der Waals surface area contributed by atoms with Crippen LogP contribution in [0.4, 0.5) is 4.79 Å². The lowest BCUT2D eigenvalue weighted by Crippen LogP contribution is -2.54. The minimum Gasteiger partial charge on any atom is -0.466 e. The van der Waals surface area contributed by atoms with Gasteiger partial charge >= 0.3 is 12.0 Å². The van der Waals surface area contributed by atoms with Gasteiger partial charge in [0, 0.05) is 55.6 Å². The van der Waals surface area contributed by atoms with Gasteiger partial charge in [-0.15, -0.1) is 0 Å². The van der Waals surface area contributed by atoms with Gasteiger partial charge in [0.05, 0.1) is 12.1 Å². The molecule has 2 aliphatic heterocycles. The number of unbranched alkanes of at least 4 members (excludes halogenated alkanes) is 5. The molecule has 3 rings (SSSR count). The molecule has 0 radical (unpaired) electrons. The number of urea groups is 1. The maximum absolute atomic E-state index is 12.1. The number of carbonyl (C=O) groups excluding carboxylic acids is 3. The number of amides is 3. The first-order chi connectivity index (χ1) is 20.8. The molecule has 0 aromatic heterocycles. The molecular formula is C32H58N6O4S. The van der Waals surface area contributed by atoms with E-state index < -0.39 is 6.03 Å². The number of hydrazine groups is 2. The zero-order chi connectivity index (χ0) is 30.9. The molecule has 0 bridgehead atoms. The number of hydrogen-bond donors (Lipinski definition) is 4. The molecule has 1 saturated carbocycles. The second kappa shape index (κ2) is 19.6. The number of ether oxygens (including phenoxy) is 1. The molecule has 0 aromatic carbocycles. The summed E-state index contributed by atoms with van der Waals surface area (Å²) in [5, 5.41) is 5.91. The predicted molar refractivity (Wildman–Crippen MR) is 175 cm³/mol. The highest BCUT2D eigenvalue weighted by Crippen LogP contribution is 2.40. The largest absolute Gasteiger partial charge is 0.466 e. The van der Waals surface area contributed by atoms with Crippen LogP contribution < -0.4 is 22.0 Å². The number of primary amides is 1. The van der Waals surface area contributed by atoms with E-state index in [1.165, 1.54) is 25.7 Å². The third kappa shape index (κ3) is 13.1. The molecule has 2 saturated heterocycles. The van der Waals surface area contributed by atoms with Crippen LogP contribution in [-0.2, 0) is 14.3 Å². The summed E-state index contributed by atoms with van der Waals surface area (Å²) in [5.74, 6) is 2.68. The van der Waals surface area contributed by atoms with E-state index in [1.54, 1.807) is 6.21 Å². The van der Waals surface area contributed by atoms with Gasteiger partial charge in [0.25, 0.3) is 0 Å². The van der Waals surface area contributed by atoms with Crippen LogP contribution >= 0.6 is 11.8 Å². The van der Waals surface area contributed by atoms with Crippen molar-refractivity contribution < 1.29 is 19.1 Å². The summed E-state index contributed by atoms with van der Waals surface area (Å²) in [6.45, 7) is 7.86. The van der Waals surface area contributed by atoms with Crippen molar-refractivity contribution in [3.8, 4) is 0 Å². The Labute approximate surface area is 263 Å². The highest BCUT2D eigenvalue weighted by Gasteiger charge is 2.47. The van der Waals surface area contributed by atoms with E-state index in [2.05, 4.69) is 40.1 Å². The third-order valence-corrected chi connectivity index (χ3v) is 11.0. The zero-order valence-corrected chi connectivity index (χ0v) is 27.6. The molecule has 246 valence electrons. The Morgan fingerprint density at radius 3 is 2.60 bits per heavy atom. The normalized spacial score (nSPS) is 24.8. The highest BCUT2D eigenvalue weighted by atomic mass is 32.2. The van der Waals surface area contributed by atoms with E-state index >= 15 is 0 Å². The SMILES string of the molecule is CC(C)C1(C2CCCC2)CN(CCCCCC(=O)OCCCCCNC(=O)CCCC[C@@H]2CC(/C=N\C(N)=O)CS2)NN1. The fraction of sp³-hybridized carbons (Fsp3) is 0.875. The number of thioether (sulfide) groups is 1. The summed E-state index contributed by atoms with van der Waals surface area (Å²) in [5.41, 5.74) is 12.3. The van der Waals surface area contributed by atoms with Gasteiger partial charge in [-0.25, -0.2) is 20.2 Å². The summed E-state index contributed by atoms with van der Waals surface area (Å²) in [7, 11) is 0. The average Bonchev–Trinajstić information content (AvgIpc) is 3.75. The summed E-state index contributed by atoms with van der Waals surface area (Å²) in [6, 6.07) is -0.629. The zero-order valence-electron chi connectivity index (χ0n) is 26.7. The fourth-order valence-electron chi connectivity index (χ4n) is 6.79. The highest BCUT2D eigenvalue weighted by molar-refractivity contribution is 8.00. The molecular weight excluding hydrogens is 564 g/mol. The van der Waals surface area contributed by atoms with Crippen LogP contribution in [0, 0.1) is 17.8 Å². The van der Waals surface area contributed by atoms with Crippen molar-refractivity contribution in [3.05, 3.63) is 0 Å². The molecule has 2 unspecified atom stereocenters. The Balaban J connectivity index is 1.08. The van der Waals surface area contributed by atoms with Gasteiger partial charge in [-0.2, -0.15) is 17.3 Å². The monoisotopic (exact) mass is 622 g/mol. The Morgan fingerprint density at radius 2 is 1.84 bits per heavy atom.